The van der Waals surface area contributed by atoms with Crippen LogP contribution in [0, 0.1) is 0 Å². The molecule has 1 aromatic heterocycles. The number of nitrogens with one attached hydrogen (secondary N) is 1. The molecular weight excluding hydrogens is 399 g/mol. The zero-order valence-corrected chi connectivity index (χ0v) is 16.0. The van der Waals surface area contributed by atoms with Gasteiger partial charge in [-0.3, -0.25) is 4.79 Å². The lowest BCUT2D eigenvalue weighted by Gasteiger charge is -2.07. The lowest BCUT2D eigenvalue weighted by Crippen LogP contribution is -2.20. The molecule has 0 aliphatic carbocycles. The first-order valence-corrected chi connectivity index (χ1v) is 9.17. The Balaban J connectivity index is 1.44. The molecule has 4 aromatic rings. The van der Waals surface area contributed by atoms with E-state index in [2.05, 4.69) is 10.3 Å². The Morgan fingerprint density at radius 3 is 2.36 bits per heavy atom. The van der Waals surface area contributed by atoms with Crippen molar-refractivity contribution in [2.75, 3.05) is 11.9 Å². The number of halogens is 2. The number of oxazole rings is 1. The van der Waals surface area contributed by atoms with Crippen molar-refractivity contribution < 1.29 is 13.9 Å². The van der Waals surface area contributed by atoms with Crippen molar-refractivity contribution in [3.8, 4) is 17.2 Å². The van der Waals surface area contributed by atoms with Crippen molar-refractivity contribution in [1.82, 2.24) is 4.98 Å². The van der Waals surface area contributed by atoms with E-state index in [1.165, 1.54) is 0 Å². The van der Waals surface area contributed by atoms with Crippen LogP contribution in [-0.2, 0) is 4.79 Å². The Morgan fingerprint density at radius 1 is 0.964 bits per heavy atom. The maximum absolute atomic E-state index is 12.1. The average molecular weight is 413 g/mol. The van der Waals surface area contributed by atoms with Crippen LogP contribution in [0.25, 0.3) is 22.6 Å². The number of carbonyl (C=O) groups excluding carboxylic acids is 1. The summed E-state index contributed by atoms with van der Waals surface area (Å²) in [7, 11) is 0. The molecule has 1 heterocycles. The van der Waals surface area contributed by atoms with Gasteiger partial charge in [0.05, 0.1) is 0 Å². The fourth-order valence-electron chi connectivity index (χ4n) is 2.60. The van der Waals surface area contributed by atoms with Gasteiger partial charge in [-0.2, -0.15) is 0 Å². The van der Waals surface area contributed by atoms with E-state index in [4.69, 9.17) is 32.4 Å². The SMILES string of the molecule is O=C(COc1ccc(Cl)cc1)Nc1ccc2oc(-c3ccc(Cl)cc3)nc2c1. The van der Waals surface area contributed by atoms with Gasteiger partial charge in [-0.15, -0.1) is 0 Å². The molecule has 0 spiro atoms. The summed E-state index contributed by atoms with van der Waals surface area (Å²) in [6, 6.07) is 19.3. The molecule has 28 heavy (non-hydrogen) atoms. The number of aromatic nitrogens is 1. The molecule has 140 valence electrons. The van der Waals surface area contributed by atoms with Crippen LogP contribution in [0.15, 0.2) is 71.1 Å². The van der Waals surface area contributed by atoms with Crippen molar-refractivity contribution in [3.05, 3.63) is 76.8 Å². The summed E-state index contributed by atoms with van der Waals surface area (Å²) >= 11 is 11.7. The van der Waals surface area contributed by atoms with Gasteiger partial charge in [-0.1, -0.05) is 23.2 Å². The highest BCUT2D eigenvalue weighted by molar-refractivity contribution is 6.30. The number of ether oxygens (including phenoxy) is 1. The number of benzene rings is 3. The Hall–Kier alpha value is -3.02. The third kappa shape index (κ3) is 4.27. The maximum Gasteiger partial charge on any atom is 0.262 e. The number of hydrogen-bond donors (Lipinski definition) is 1. The summed E-state index contributed by atoms with van der Waals surface area (Å²) in [4.78, 5) is 16.6. The van der Waals surface area contributed by atoms with Crippen molar-refractivity contribution in [1.29, 1.82) is 0 Å². The summed E-state index contributed by atoms with van der Waals surface area (Å²) in [6.07, 6.45) is 0. The minimum absolute atomic E-state index is 0.117. The van der Waals surface area contributed by atoms with Crippen LogP contribution in [-0.4, -0.2) is 17.5 Å². The normalized spacial score (nSPS) is 10.8. The Labute approximate surface area is 170 Å². The Bertz CT molecular complexity index is 1120. The summed E-state index contributed by atoms with van der Waals surface area (Å²) in [5, 5.41) is 4.03. The molecule has 0 fully saturated rings. The minimum Gasteiger partial charge on any atom is -0.484 e. The van der Waals surface area contributed by atoms with E-state index in [1.54, 1.807) is 54.6 Å². The first-order chi connectivity index (χ1) is 13.6. The number of anilines is 1. The number of nitrogens with zero attached hydrogens (tertiary/aromatic N) is 1. The molecule has 0 atom stereocenters. The first-order valence-electron chi connectivity index (χ1n) is 8.41. The van der Waals surface area contributed by atoms with Gasteiger partial charge < -0.3 is 14.5 Å². The van der Waals surface area contributed by atoms with Crippen LogP contribution < -0.4 is 10.1 Å². The Morgan fingerprint density at radius 2 is 1.64 bits per heavy atom. The molecule has 7 heteroatoms. The van der Waals surface area contributed by atoms with E-state index in [9.17, 15) is 4.79 Å². The van der Waals surface area contributed by atoms with E-state index in [0.29, 0.717) is 38.5 Å². The summed E-state index contributed by atoms with van der Waals surface area (Å²) < 4.78 is 11.2. The monoisotopic (exact) mass is 412 g/mol. The zero-order valence-electron chi connectivity index (χ0n) is 14.5. The average Bonchev–Trinajstić information content (AvgIpc) is 3.11. The van der Waals surface area contributed by atoms with Crippen LogP contribution in [0.5, 0.6) is 5.75 Å². The first kappa shape index (κ1) is 18.3. The van der Waals surface area contributed by atoms with E-state index < -0.39 is 0 Å². The van der Waals surface area contributed by atoms with Crippen LogP contribution in [0.2, 0.25) is 10.0 Å². The molecule has 0 bridgehead atoms. The molecule has 0 unspecified atom stereocenters. The smallest absolute Gasteiger partial charge is 0.262 e. The molecule has 1 N–H and O–H groups in total. The summed E-state index contributed by atoms with van der Waals surface area (Å²) in [5.74, 6) is 0.774. The van der Waals surface area contributed by atoms with Crippen LogP contribution >= 0.6 is 23.2 Å². The Kier molecular flexibility index (Phi) is 5.19. The molecule has 0 aliphatic heterocycles. The highest BCUT2D eigenvalue weighted by Crippen LogP contribution is 2.27. The van der Waals surface area contributed by atoms with Gasteiger partial charge in [0.15, 0.2) is 12.2 Å². The predicted molar refractivity (Wildman–Crippen MR) is 110 cm³/mol. The van der Waals surface area contributed by atoms with Crippen LogP contribution in [0.4, 0.5) is 5.69 Å². The van der Waals surface area contributed by atoms with Gasteiger partial charge in [0, 0.05) is 21.3 Å². The van der Waals surface area contributed by atoms with Crippen molar-refractivity contribution in [2.45, 2.75) is 0 Å². The van der Waals surface area contributed by atoms with Crippen molar-refractivity contribution >= 4 is 45.9 Å². The number of rotatable bonds is 5. The zero-order chi connectivity index (χ0) is 19.5. The van der Waals surface area contributed by atoms with Gasteiger partial charge in [-0.25, -0.2) is 4.98 Å². The van der Waals surface area contributed by atoms with Crippen molar-refractivity contribution in [2.24, 2.45) is 0 Å². The van der Waals surface area contributed by atoms with E-state index in [-0.39, 0.29) is 12.5 Å². The van der Waals surface area contributed by atoms with Gasteiger partial charge in [-0.05, 0) is 66.7 Å². The van der Waals surface area contributed by atoms with E-state index in [0.717, 1.165) is 5.56 Å². The van der Waals surface area contributed by atoms with Crippen molar-refractivity contribution in [3.63, 3.8) is 0 Å². The van der Waals surface area contributed by atoms with E-state index >= 15 is 0 Å². The largest absolute Gasteiger partial charge is 0.484 e. The number of carbonyl (C=O) groups is 1. The predicted octanol–water partition coefficient (Wildman–Crippen LogP) is 5.82. The van der Waals surface area contributed by atoms with E-state index in [1.807, 2.05) is 12.1 Å². The summed E-state index contributed by atoms with van der Waals surface area (Å²) in [5.41, 5.74) is 2.69. The third-order valence-electron chi connectivity index (χ3n) is 3.95. The molecule has 3 aromatic carbocycles. The maximum atomic E-state index is 12.1. The minimum atomic E-state index is -0.282. The molecule has 4 rings (SSSR count). The topological polar surface area (TPSA) is 64.4 Å². The lowest BCUT2D eigenvalue weighted by molar-refractivity contribution is -0.118. The molecular formula is C21H14Cl2N2O3. The fraction of sp³-hybridized carbons (Fsp3) is 0.0476. The molecule has 1 amide bonds. The van der Waals surface area contributed by atoms with Gasteiger partial charge in [0.1, 0.15) is 11.3 Å². The van der Waals surface area contributed by atoms with Gasteiger partial charge >= 0.3 is 0 Å². The highest BCUT2D eigenvalue weighted by Gasteiger charge is 2.10. The quantitative estimate of drug-likeness (QED) is 0.448. The second kappa shape index (κ2) is 7.92. The summed E-state index contributed by atoms with van der Waals surface area (Å²) in [6.45, 7) is -0.117. The lowest BCUT2D eigenvalue weighted by atomic mass is 10.2. The number of fused-ring (bicyclic) bond motifs is 1. The second-order valence-electron chi connectivity index (χ2n) is 6.00. The highest BCUT2D eigenvalue weighted by atomic mass is 35.5. The van der Waals surface area contributed by atoms with Crippen LogP contribution in [0.1, 0.15) is 0 Å². The molecule has 0 radical (unpaired) electrons. The van der Waals surface area contributed by atoms with Gasteiger partial charge in [0.25, 0.3) is 5.91 Å². The molecule has 0 saturated carbocycles. The number of amides is 1. The molecule has 0 aliphatic rings. The second-order valence-corrected chi connectivity index (χ2v) is 6.87. The molecule has 0 saturated heterocycles. The fourth-order valence-corrected chi connectivity index (χ4v) is 2.85. The number of hydrogen-bond acceptors (Lipinski definition) is 4. The molecule has 5 nitrogen and oxygen atoms in total. The van der Waals surface area contributed by atoms with Crippen LogP contribution in [0.3, 0.4) is 0 Å². The third-order valence-corrected chi connectivity index (χ3v) is 4.45. The standard InChI is InChI=1S/C21H14Cl2N2O3/c22-14-3-1-13(2-4-14)21-25-18-11-16(7-10-19(18)28-21)24-20(26)12-27-17-8-5-15(23)6-9-17/h1-11H,12H2,(H,24,26). The van der Waals surface area contributed by atoms with Gasteiger partial charge in [0.2, 0.25) is 5.89 Å².